The average molecular weight is 252 g/mol. The Hall–Kier alpha value is -1.89. The Morgan fingerprint density at radius 2 is 1.58 bits per heavy atom. The maximum atomic E-state index is 12.1. The summed E-state index contributed by atoms with van der Waals surface area (Å²) in [4.78, 5) is 12.1. The Balaban J connectivity index is 1.96. The van der Waals surface area contributed by atoms with Crippen molar-refractivity contribution in [1.29, 1.82) is 0 Å². The van der Waals surface area contributed by atoms with Crippen LogP contribution in [0.1, 0.15) is 47.7 Å². The highest BCUT2D eigenvalue weighted by Crippen LogP contribution is 2.16. The number of carbonyl (C=O) groups excluding carboxylic acids is 1. The van der Waals surface area contributed by atoms with Crippen molar-refractivity contribution in [3.63, 3.8) is 0 Å². The monoisotopic (exact) mass is 252 g/mol. The van der Waals surface area contributed by atoms with Gasteiger partial charge in [0.1, 0.15) is 0 Å². The standard InChI is InChI=1S/C18H20O/c1-14(2)16-9-11-17(12-10-16)18(19)13-8-15-6-4-3-5-7-15/h3-7,9-12,14H,8,13H2,1-2H3. The molecule has 0 bridgehead atoms. The zero-order chi connectivity index (χ0) is 13.7. The largest absolute Gasteiger partial charge is 0.294 e. The molecule has 0 saturated carbocycles. The van der Waals surface area contributed by atoms with E-state index in [1.807, 2.05) is 30.3 Å². The van der Waals surface area contributed by atoms with Gasteiger partial charge in [-0.05, 0) is 23.5 Å². The smallest absolute Gasteiger partial charge is 0.163 e. The minimum Gasteiger partial charge on any atom is -0.294 e. The minimum absolute atomic E-state index is 0.221. The zero-order valence-corrected chi connectivity index (χ0v) is 11.6. The van der Waals surface area contributed by atoms with E-state index in [9.17, 15) is 4.79 Å². The van der Waals surface area contributed by atoms with Crippen LogP contribution in [-0.2, 0) is 6.42 Å². The number of hydrogen-bond donors (Lipinski definition) is 0. The number of ketones is 1. The molecule has 0 radical (unpaired) electrons. The lowest BCUT2D eigenvalue weighted by molar-refractivity contribution is 0.0983. The Morgan fingerprint density at radius 3 is 2.16 bits per heavy atom. The van der Waals surface area contributed by atoms with Gasteiger partial charge in [-0.1, -0.05) is 68.4 Å². The van der Waals surface area contributed by atoms with Crippen LogP contribution in [0.25, 0.3) is 0 Å². The molecule has 0 aliphatic carbocycles. The van der Waals surface area contributed by atoms with Crippen LogP contribution in [0.4, 0.5) is 0 Å². The summed E-state index contributed by atoms with van der Waals surface area (Å²) in [6, 6.07) is 18.2. The zero-order valence-electron chi connectivity index (χ0n) is 11.6. The fraction of sp³-hybridized carbons (Fsp3) is 0.278. The predicted octanol–water partition coefficient (Wildman–Crippen LogP) is 4.63. The van der Waals surface area contributed by atoms with Crippen molar-refractivity contribution in [2.75, 3.05) is 0 Å². The Kier molecular flexibility index (Phi) is 4.51. The molecule has 98 valence electrons. The normalized spacial score (nSPS) is 10.7. The maximum Gasteiger partial charge on any atom is 0.163 e. The first-order valence-electron chi connectivity index (χ1n) is 6.84. The number of benzene rings is 2. The lowest BCUT2D eigenvalue weighted by atomic mass is 9.98. The van der Waals surface area contributed by atoms with Crippen molar-refractivity contribution in [2.45, 2.75) is 32.6 Å². The lowest BCUT2D eigenvalue weighted by Gasteiger charge is -2.06. The second kappa shape index (κ2) is 6.33. The molecular weight excluding hydrogens is 232 g/mol. The first-order chi connectivity index (χ1) is 9.16. The molecule has 0 N–H and O–H groups in total. The van der Waals surface area contributed by atoms with E-state index in [0.717, 1.165) is 12.0 Å². The molecule has 1 heteroatoms. The van der Waals surface area contributed by atoms with Crippen molar-refractivity contribution < 1.29 is 4.79 Å². The van der Waals surface area contributed by atoms with Crippen molar-refractivity contribution in [1.82, 2.24) is 0 Å². The van der Waals surface area contributed by atoms with Gasteiger partial charge < -0.3 is 0 Å². The molecule has 0 unspecified atom stereocenters. The summed E-state index contributed by atoms with van der Waals surface area (Å²) in [6.07, 6.45) is 1.39. The van der Waals surface area contributed by atoms with Crippen LogP contribution < -0.4 is 0 Å². The molecule has 0 saturated heterocycles. The Morgan fingerprint density at radius 1 is 0.947 bits per heavy atom. The van der Waals surface area contributed by atoms with E-state index >= 15 is 0 Å². The molecule has 2 rings (SSSR count). The van der Waals surface area contributed by atoms with Gasteiger partial charge in [0.2, 0.25) is 0 Å². The molecule has 2 aromatic carbocycles. The molecule has 1 nitrogen and oxygen atoms in total. The van der Waals surface area contributed by atoms with Crippen LogP contribution in [0.2, 0.25) is 0 Å². The van der Waals surface area contributed by atoms with Crippen molar-refractivity contribution in [3.8, 4) is 0 Å². The van der Waals surface area contributed by atoms with Gasteiger partial charge in [0.25, 0.3) is 0 Å². The molecule has 0 fully saturated rings. The molecule has 0 amide bonds. The average Bonchev–Trinajstić information content (AvgIpc) is 2.46. The number of Topliss-reactive ketones (excluding diaryl/α,β-unsaturated/α-hetero) is 1. The van der Waals surface area contributed by atoms with Gasteiger partial charge in [-0.3, -0.25) is 4.79 Å². The Bertz CT molecular complexity index is 523. The molecule has 0 spiro atoms. The number of rotatable bonds is 5. The van der Waals surface area contributed by atoms with Gasteiger partial charge in [-0.15, -0.1) is 0 Å². The fourth-order valence-electron chi connectivity index (χ4n) is 2.10. The summed E-state index contributed by atoms with van der Waals surface area (Å²) in [5.41, 5.74) is 3.31. The maximum absolute atomic E-state index is 12.1. The highest BCUT2D eigenvalue weighted by atomic mass is 16.1. The Labute approximate surface area is 115 Å². The summed E-state index contributed by atoms with van der Waals surface area (Å²) in [6.45, 7) is 4.32. The summed E-state index contributed by atoms with van der Waals surface area (Å²) in [5.74, 6) is 0.729. The first-order valence-corrected chi connectivity index (χ1v) is 6.84. The van der Waals surface area contributed by atoms with Gasteiger partial charge in [-0.2, -0.15) is 0 Å². The molecule has 0 aliphatic heterocycles. The second-order valence-electron chi connectivity index (χ2n) is 5.19. The highest BCUT2D eigenvalue weighted by molar-refractivity contribution is 5.96. The minimum atomic E-state index is 0.221. The summed E-state index contributed by atoms with van der Waals surface area (Å²) >= 11 is 0. The molecule has 0 aliphatic rings. The SMILES string of the molecule is CC(C)c1ccc(C(=O)CCc2ccccc2)cc1. The van der Waals surface area contributed by atoms with Crippen LogP contribution in [0.5, 0.6) is 0 Å². The molecule has 0 aromatic heterocycles. The molecule has 19 heavy (non-hydrogen) atoms. The molecule has 0 heterocycles. The van der Waals surface area contributed by atoms with Crippen LogP contribution in [0.15, 0.2) is 54.6 Å². The first kappa shape index (κ1) is 13.5. The van der Waals surface area contributed by atoms with Gasteiger partial charge >= 0.3 is 0 Å². The molecular formula is C18H20O. The van der Waals surface area contributed by atoms with E-state index in [1.165, 1.54) is 11.1 Å². The van der Waals surface area contributed by atoms with E-state index in [-0.39, 0.29) is 5.78 Å². The van der Waals surface area contributed by atoms with E-state index in [4.69, 9.17) is 0 Å². The molecule has 0 atom stereocenters. The van der Waals surface area contributed by atoms with E-state index in [1.54, 1.807) is 0 Å². The number of aryl methyl sites for hydroxylation is 1. The number of carbonyl (C=O) groups is 1. The summed E-state index contributed by atoms with van der Waals surface area (Å²) < 4.78 is 0. The van der Waals surface area contributed by atoms with Crippen LogP contribution in [-0.4, -0.2) is 5.78 Å². The highest BCUT2D eigenvalue weighted by Gasteiger charge is 2.07. The van der Waals surface area contributed by atoms with Crippen LogP contribution >= 0.6 is 0 Å². The number of hydrogen-bond acceptors (Lipinski definition) is 1. The summed E-state index contributed by atoms with van der Waals surface area (Å²) in [5, 5.41) is 0. The van der Waals surface area contributed by atoms with Crippen LogP contribution in [0.3, 0.4) is 0 Å². The lowest BCUT2D eigenvalue weighted by Crippen LogP contribution is -2.01. The van der Waals surface area contributed by atoms with E-state index in [2.05, 4.69) is 38.1 Å². The third-order valence-electron chi connectivity index (χ3n) is 3.38. The van der Waals surface area contributed by atoms with Crippen molar-refractivity contribution >= 4 is 5.78 Å². The van der Waals surface area contributed by atoms with Gasteiger partial charge in [-0.25, -0.2) is 0 Å². The van der Waals surface area contributed by atoms with Gasteiger partial charge in [0, 0.05) is 12.0 Å². The van der Waals surface area contributed by atoms with Gasteiger partial charge in [0.05, 0.1) is 0 Å². The van der Waals surface area contributed by atoms with Crippen LogP contribution in [0, 0.1) is 0 Å². The predicted molar refractivity (Wildman–Crippen MR) is 79.6 cm³/mol. The fourth-order valence-corrected chi connectivity index (χ4v) is 2.10. The quantitative estimate of drug-likeness (QED) is 0.709. The molecule has 2 aromatic rings. The van der Waals surface area contributed by atoms with Crippen molar-refractivity contribution in [2.24, 2.45) is 0 Å². The van der Waals surface area contributed by atoms with Gasteiger partial charge in [0.15, 0.2) is 5.78 Å². The second-order valence-corrected chi connectivity index (χ2v) is 5.19. The van der Waals surface area contributed by atoms with Crippen molar-refractivity contribution in [3.05, 3.63) is 71.3 Å². The van der Waals surface area contributed by atoms with E-state index in [0.29, 0.717) is 12.3 Å². The van der Waals surface area contributed by atoms with E-state index < -0.39 is 0 Å². The topological polar surface area (TPSA) is 17.1 Å². The summed E-state index contributed by atoms with van der Waals surface area (Å²) in [7, 11) is 0. The third kappa shape index (κ3) is 3.78. The third-order valence-corrected chi connectivity index (χ3v) is 3.38.